The number of nitrogens with zero attached hydrogens (tertiary/aromatic N) is 1. The topological polar surface area (TPSA) is 3.24 Å². The summed E-state index contributed by atoms with van der Waals surface area (Å²) in [6.45, 7) is 5.01. The Morgan fingerprint density at radius 1 is 1.17 bits per heavy atom. The average molecular weight is 253 g/mol. The molecule has 18 heavy (non-hydrogen) atoms. The minimum atomic E-state index is -2.29. The molecule has 1 fully saturated rings. The van der Waals surface area contributed by atoms with Gasteiger partial charge in [0, 0.05) is 12.5 Å². The van der Waals surface area contributed by atoms with Gasteiger partial charge in [0.1, 0.15) is 0 Å². The van der Waals surface area contributed by atoms with E-state index in [0.29, 0.717) is 11.8 Å². The molecule has 1 saturated heterocycles. The molecule has 1 aliphatic heterocycles. The van der Waals surface area contributed by atoms with Crippen molar-refractivity contribution in [2.45, 2.75) is 32.2 Å². The molecule has 3 atom stereocenters. The molecule has 1 aliphatic rings. The zero-order valence-electron chi connectivity index (χ0n) is 11.2. The number of hydrogen-bond acceptors (Lipinski definition) is 1. The van der Waals surface area contributed by atoms with Crippen LogP contribution in [-0.4, -0.2) is 31.0 Å². The van der Waals surface area contributed by atoms with E-state index in [1.54, 1.807) is 0 Å². The van der Waals surface area contributed by atoms with E-state index in [1.165, 1.54) is 0 Å². The van der Waals surface area contributed by atoms with Crippen molar-refractivity contribution in [2.75, 3.05) is 13.6 Å². The van der Waals surface area contributed by atoms with Crippen LogP contribution in [0.2, 0.25) is 0 Å². The van der Waals surface area contributed by atoms with Gasteiger partial charge in [-0.15, -0.1) is 0 Å². The quantitative estimate of drug-likeness (QED) is 0.795. The summed E-state index contributed by atoms with van der Waals surface area (Å²) in [5, 5.41) is 0. The SMILES string of the molecule is CC(C)[C@@H]1CN(C)[C@H](C(F)F)[C@H]1c1ccccc1. The molecule has 0 aliphatic carbocycles. The lowest BCUT2D eigenvalue weighted by atomic mass is 9.78. The smallest absolute Gasteiger partial charge is 0.254 e. The zero-order valence-corrected chi connectivity index (χ0v) is 11.2. The number of rotatable bonds is 3. The van der Waals surface area contributed by atoms with E-state index >= 15 is 0 Å². The zero-order chi connectivity index (χ0) is 13.3. The molecule has 0 aromatic heterocycles. The van der Waals surface area contributed by atoms with Crippen LogP contribution in [0.15, 0.2) is 30.3 Å². The molecule has 100 valence electrons. The average Bonchev–Trinajstić information content (AvgIpc) is 2.68. The molecule has 2 rings (SSSR count). The van der Waals surface area contributed by atoms with Gasteiger partial charge in [-0.05, 0) is 24.4 Å². The molecular formula is C15H21F2N. The summed E-state index contributed by atoms with van der Waals surface area (Å²) >= 11 is 0. The lowest BCUT2D eigenvalue weighted by Crippen LogP contribution is -2.35. The molecular weight excluding hydrogens is 232 g/mol. The van der Waals surface area contributed by atoms with Crippen molar-refractivity contribution < 1.29 is 8.78 Å². The fourth-order valence-corrected chi connectivity index (χ4v) is 3.19. The van der Waals surface area contributed by atoms with Crippen LogP contribution < -0.4 is 0 Å². The maximum Gasteiger partial charge on any atom is 0.254 e. The number of halogens is 2. The van der Waals surface area contributed by atoms with E-state index in [2.05, 4.69) is 13.8 Å². The Morgan fingerprint density at radius 3 is 2.28 bits per heavy atom. The van der Waals surface area contributed by atoms with Gasteiger partial charge in [0.05, 0.1) is 6.04 Å². The summed E-state index contributed by atoms with van der Waals surface area (Å²) < 4.78 is 26.6. The monoisotopic (exact) mass is 253 g/mol. The highest BCUT2D eigenvalue weighted by atomic mass is 19.3. The predicted octanol–water partition coefficient (Wildman–Crippen LogP) is 3.62. The van der Waals surface area contributed by atoms with E-state index in [4.69, 9.17) is 0 Å². The summed E-state index contributed by atoms with van der Waals surface area (Å²) in [5.41, 5.74) is 1.05. The van der Waals surface area contributed by atoms with E-state index in [-0.39, 0.29) is 5.92 Å². The van der Waals surface area contributed by atoms with Gasteiger partial charge in [-0.25, -0.2) is 8.78 Å². The van der Waals surface area contributed by atoms with Crippen molar-refractivity contribution in [1.29, 1.82) is 0 Å². The molecule has 1 aromatic carbocycles. The van der Waals surface area contributed by atoms with Gasteiger partial charge >= 0.3 is 0 Å². The Balaban J connectivity index is 2.36. The van der Waals surface area contributed by atoms with Crippen LogP contribution in [0.5, 0.6) is 0 Å². The number of likely N-dealkylation sites (tertiary alicyclic amines) is 1. The number of hydrogen-bond donors (Lipinski definition) is 0. The maximum absolute atomic E-state index is 13.3. The molecule has 1 aromatic rings. The van der Waals surface area contributed by atoms with Gasteiger partial charge in [0.25, 0.3) is 6.43 Å². The second-order valence-corrected chi connectivity index (χ2v) is 5.61. The number of alkyl halides is 2. The maximum atomic E-state index is 13.3. The molecule has 0 spiro atoms. The highest BCUT2D eigenvalue weighted by Gasteiger charge is 2.46. The van der Waals surface area contributed by atoms with Crippen LogP contribution in [0.1, 0.15) is 25.3 Å². The lowest BCUT2D eigenvalue weighted by Gasteiger charge is -2.27. The third-order valence-electron chi connectivity index (χ3n) is 4.14. The van der Waals surface area contributed by atoms with Gasteiger partial charge in [0.15, 0.2) is 0 Å². The van der Waals surface area contributed by atoms with Crippen LogP contribution in [0.4, 0.5) is 8.78 Å². The summed E-state index contributed by atoms with van der Waals surface area (Å²) in [6, 6.07) is 9.12. The summed E-state index contributed by atoms with van der Waals surface area (Å²) in [6.07, 6.45) is -2.29. The second-order valence-electron chi connectivity index (χ2n) is 5.61. The van der Waals surface area contributed by atoms with Crippen LogP contribution in [0, 0.1) is 11.8 Å². The van der Waals surface area contributed by atoms with Crippen LogP contribution in [0.25, 0.3) is 0 Å². The van der Waals surface area contributed by atoms with E-state index in [0.717, 1.165) is 12.1 Å². The Bertz CT molecular complexity index is 377. The fourth-order valence-electron chi connectivity index (χ4n) is 3.19. The first-order valence-corrected chi connectivity index (χ1v) is 6.55. The van der Waals surface area contributed by atoms with Gasteiger partial charge < -0.3 is 0 Å². The molecule has 0 bridgehead atoms. The fraction of sp³-hybridized carbons (Fsp3) is 0.600. The van der Waals surface area contributed by atoms with E-state index in [1.807, 2.05) is 42.3 Å². The Labute approximate surface area is 108 Å². The predicted molar refractivity (Wildman–Crippen MR) is 69.9 cm³/mol. The third-order valence-corrected chi connectivity index (χ3v) is 4.14. The second kappa shape index (κ2) is 5.35. The normalized spacial score (nSPS) is 29.4. The van der Waals surface area contributed by atoms with Crippen LogP contribution >= 0.6 is 0 Å². The molecule has 0 amide bonds. The lowest BCUT2D eigenvalue weighted by molar-refractivity contribution is 0.0506. The molecule has 0 unspecified atom stereocenters. The van der Waals surface area contributed by atoms with Gasteiger partial charge in [0.2, 0.25) is 0 Å². The van der Waals surface area contributed by atoms with E-state index < -0.39 is 12.5 Å². The first-order chi connectivity index (χ1) is 8.52. The van der Waals surface area contributed by atoms with Crippen molar-refractivity contribution in [1.82, 2.24) is 4.90 Å². The minimum absolute atomic E-state index is 0.0591. The molecule has 1 heterocycles. The standard InChI is InChI=1S/C15H21F2N/c1-10(2)12-9-18(3)14(15(16)17)13(12)11-7-5-4-6-8-11/h4-8,10,12-15H,9H2,1-3H3/t12-,13-,14-/m0/s1. The van der Waals surface area contributed by atoms with Crippen LogP contribution in [-0.2, 0) is 0 Å². The van der Waals surface area contributed by atoms with Gasteiger partial charge in [-0.1, -0.05) is 44.2 Å². The largest absolute Gasteiger partial charge is 0.297 e. The Morgan fingerprint density at radius 2 is 1.78 bits per heavy atom. The molecule has 0 saturated carbocycles. The molecule has 3 heteroatoms. The molecule has 0 N–H and O–H groups in total. The Hall–Kier alpha value is -0.960. The van der Waals surface area contributed by atoms with Gasteiger partial charge in [-0.3, -0.25) is 4.90 Å². The van der Waals surface area contributed by atoms with Crippen LogP contribution in [0.3, 0.4) is 0 Å². The highest BCUT2D eigenvalue weighted by molar-refractivity contribution is 5.25. The number of benzene rings is 1. The van der Waals surface area contributed by atoms with Gasteiger partial charge in [-0.2, -0.15) is 0 Å². The van der Waals surface area contributed by atoms with Crippen molar-refractivity contribution >= 4 is 0 Å². The van der Waals surface area contributed by atoms with Crippen molar-refractivity contribution in [3.8, 4) is 0 Å². The third kappa shape index (κ3) is 2.41. The Kier molecular flexibility index (Phi) is 4.00. The minimum Gasteiger partial charge on any atom is -0.297 e. The summed E-state index contributed by atoms with van der Waals surface area (Å²) in [5.74, 6) is 0.661. The molecule has 0 radical (unpaired) electrons. The first-order valence-electron chi connectivity index (χ1n) is 6.55. The highest BCUT2D eigenvalue weighted by Crippen LogP contribution is 2.43. The summed E-state index contributed by atoms with van der Waals surface area (Å²) in [4.78, 5) is 1.83. The first kappa shape index (κ1) is 13.5. The molecule has 1 nitrogen and oxygen atoms in total. The summed E-state index contributed by atoms with van der Waals surface area (Å²) in [7, 11) is 1.81. The number of likely N-dealkylation sites (N-methyl/N-ethyl adjacent to an activating group) is 1. The van der Waals surface area contributed by atoms with Crippen molar-refractivity contribution in [3.63, 3.8) is 0 Å². The van der Waals surface area contributed by atoms with Crippen molar-refractivity contribution in [3.05, 3.63) is 35.9 Å². The van der Waals surface area contributed by atoms with E-state index in [9.17, 15) is 8.78 Å². The van der Waals surface area contributed by atoms with Crippen molar-refractivity contribution in [2.24, 2.45) is 11.8 Å².